The summed E-state index contributed by atoms with van der Waals surface area (Å²) < 4.78 is 62.4. The van der Waals surface area contributed by atoms with Gasteiger partial charge in [-0.05, 0) is 25.0 Å². The Labute approximate surface area is 155 Å². The molecule has 1 aromatic carbocycles. The molecule has 1 saturated carbocycles. The summed E-state index contributed by atoms with van der Waals surface area (Å²) in [7, 11) is -4.12. The van der Waals surface area contributed by atoms with Crippen molar-refractivity contribution in [2.45, 2.75) is 47.5 Å². The molecule has 1 heterocycles. The van der Waals surface area contributed by atoms with Crippen LogP contribution in [0.25, 0.3) is 0 Å². The first kappa shape index (κ1) is 19.4. The van der Waals surface area contributed by atoms with Gasteiger partial charge in [0.15, 0.2) is 21.3 Å². The first-order valence-electron chi connectivity index (χ1n) is 8.75. The van der Waals surface area contributed by atoms with Gasteiger partial charge in [-0.25, -0.2) is 16.8 Å². The second-order valence-corrected chi connectivity index (χ2v) is 11.3. The number of methoxy groups -OCH3 is 2. The van der Waals surface area contributed by atoms with E-state index in [9.17, 15) is 16.8 Å². The molecule has 1 aromatic rings. The molecular formula is C17H25NO6S2. The highest BCUT2D eigenvalue weighted by molar-refractivity contribution is 7.93. The first-order chi connectivity index (χ1) is 12.3. The van der Waals surface area contributed by atoms with E-state index in [1.54, 1.807) is 0 Å². The van der Waals surface area contributed by atoms with Gasteiger partial charge in [-0.15, -0.1) is 0 Å². The van der Waals surface area contributed by atoms with Crippen LogP contribution in [0, 0.1) is 0 Å². The van der Waals surface area contributed by atoms with Gasteiger partial charge in [0.05, 0.1) is 29.6 Å². The van der Waals surface area contributed by atoms with Crippen LogP contribution < -0.4 is 9.47 Å². The molecule has 0 unspecified atom stereocenters. The second-order valence-electron chi connectivity index (χ2n) is 6.81. The van der Waals surface area contributed by atoms with E-state index in [0.717, 1.165) is 19.3 Å². The van der Waals surface area contributed by atoms with E-state index in [1.807, 2.05) is 0 Å². The van der Waals surface area contributed by atoms with Crippen molar-refractivity contribution < 1.29 is 26.3 Å². The molecule has 1 saturated heterocycles. The third-order valence-corrected chi connectivity index (χ3v) is 9.74. The van der Waals surface area contributed by atoms with Crippen LogP contribution in [0.2, 0.25) is 0 Å². The summed E-state index contributed by atoms with van der Waals surface area (Å²) in [6.07, 6.45) is 4.34. The highest BCUT2D eigenvalue weighted by Crippen LogP contribution is 2.34. The molecule has 3 rings (SSSR count). The van der Waals surface area contributed by atoms with E-state index < -0.39 is 25.1 Å². The summed E-state index contributed by atoms with van der Waals surface area (Å²) in [5.41, 5.74) is 0. The van der Waals surface area contributed by atoms with Crippen molar-refractivity contribution in [2.75, 3.05) is 27.3 Å². The van der Waals surface area contributed by atoms with Crippen molar-refractivity contribution in [3.8, 4) is 11.5 Å². The number of benzene rings is 1. The number of hydrogen-bond acceptors (Lipinski definition) is 6. The second kappa shape index (κ2) is 7.36. The van der Waals surface area contributed by atoms with Gasteiger partial charge in [-0.3, -0.25) is 0 Å². The Balaban J connectivity index is 1.73. The van der Waals surface area contributed by atoms with Crippen LogP contribution >= 0.6 is 0 Å². The maximum absolute atomic E-state index is 12.8. The average Bonchev–Trinajstić information content (AvgIpc) is 2.60. The van der Waals surface area contributed by atoms with Gasteiger partial charge in [0.1, 0.15) is 0 Å². The summed E-state index contributed by atoms with van der Waals surface area (Å²) in [6.45, 7) is 0.0466. The quantitative estimate of drug-likeness (QED) is 0.720. The zero-order chi connectivity index (χ0) is 18.9. The standard InChI is InChI=1S/C17H25NO6S2/c1-23-16-9-8-14(10-17(16)24-2)26(21,22)18-11-15(12-18)25(19,20)13-6-4-3-5-7-13/h8-10,13,15H,3-7,11-12H2,1-2H3. The number of rotatable bonds is 6. The third-order valence-electron chi connectivity index (χ3n) is 5.29. The molecule has 0 atom stereocenters. The Hall–Kier alpha value is -1.32. The number of sulfone groups is 1. The predicted octanol–water partition coefficient (Wildman–Crippen LogP) is 1.82. The average molecular weight is 404 g/mol. The molecular weight excluding hydrogens is 378 g/mol. The highest BCUT2D eigenvalue weighted by atomic mass is 32.2. The molecule has 0 N–H and O–H groups in total. The van der Waals surface area contributed by atoms with Gasteiger partial charge in [-0.2, -0.15) is 4.31 Å². The third kappa shape index (κ3) is 3.44. The van der Waals surface area contributed by atoms with Crippen LogP contribution in [-0.4, -0.2) is 58.9 Å². The lowest BCUT2D eigenvalue weighted by Gasteiger charge is -2.39. The van der Waals surface area contributed by atoms with Crippen LogP contribution in [-0.2, 0) is 19.9 Å². The van der Waals surface area contributed by atoms with E-state index in [2.05, 4.69) is 0 Å². The minimum absolute atomic E-state index is 0.0233. The molecule has 0 amide bonds. The number of sulfonamides is 1. The van der Waals surface area contributed by atoms with Crippen molar-refractivity contribution in [3.63, 3.8) is 0 Å². The molecule has 9 heteroatoms. The SMILES string of the molecule is COc1ccc(S(=O)(=O)N2CC(S(=O)(=O)C3CCCCC3)C2)cc1OC. The smallest absolute Gasteiger partial charge is 0.243 e. The fraction of sp³-hybridized carbons (Fsp3) is 0.647. The van der Waals surface area contributed by atoms with Gasteiger partial charge in [0.2, 0.25) is 10.0 Å². The summed E-state index contributed by atoms with van der Waals surface area (Å²) in [4.78, 5) is 0.0728. The minimum atomic E-state index is -3.75. The van der Waals surface area contributed by atoms with Crippen molar-refractivity contribution in [1.82, 2.24) is 4.31 Å². The van der Waals surface area contributed by atoms with E-state index >= 15 is 0 Å². The van der Waals surface area contributed by atoms with Crippen molar-refractivity contribution in [3.05, 3.63) is 18.2 Å². The van der Waals surface area contributed by atoms with E-state index in [0.29, 0.717) is 24.3 Å². The summed E-state index contributed by atoms with van der Waals surface area (Å²) in [5, 5.41) is -0.910. The largest absolute Gasteiger partial charge is 0.493 e. The molecule has 0 aromatic heterocycles. The minimum Gasteiger partial charge on any atom is -0.493 e. The fourth-order valence-electron chi connectivity index (χ4n) is 3.60. The maximum atomic E-state index is 12.8. The number of ether oxygens (including phenoxy) is 2. The van der Waals surface area contributed by atoms with Crippen LogP contribution in [0.3, 0.4) is 0 Å². The van der Waals surface area contributed by atoms with Gasteiger partial charge in [0, 0.05) is 19.2 Å². The molecule has 146 valence electrons. The Bertz CT molecular complexity index is 853. The van der Waals surface area contributed by atoms with E-state index in [4.69, 9.17) is 9.47 Å². The van der Waals surface area contributed by atoms with E-state index in [1.165, 1.54) is 36.7 Å². The van der Waals surface area contributed by atoms with Gasteiger partial charge < -0.3 is 9.47 Å². The molecule has 7 nitrogen and oxygen atoms in total. The first-order valence-corrected chi connectivity index (χ1v) is 11.8. The van der Waals surface area contributed by atoms with Crippen LogP contribution in [0.5, 0.6) is 11.5 Å². The van der Waals surface area contributed by atoms with Crippen LogP contribution in [0.1, 0.15) is 32.1 Å². The van der Waals surface area contributed by atoms with Crippen molar-refractivity contribution >= 4 is 19.9 Å². The summed E-state index contributed by atoms with van der Waals surface area (Å²) in [6, 6.07) is 4.37. The predicted molar refractivity (Wildman–Crippen MR) is 97.9 cm³/mol. The number of hydrogen-bond donors (Lipinski definition) is 0. The number of nitrogens with zero attached hydrogens (tertiary/aromatic N) is 1. The molecule has 2 aliphatic rings. The van der Waals surface area contributed by atoms with Crippen molar-refractivity contribution in [2.24, 2.45) is 0 Å². The monoisotopic (exact) mass is 403 g/mol. The Morgan fingerprint density at radius 2 is 1.50 bits per heavy atom. The van der Waals surface area contributed by atoms with Gasteiger partial charge in [-0.1, -0.05) is 19.3 Å². The summed E-state index contributed by atoms with van der Waals surface area (Å²) >= 11 is 0. The molecule has 26 heavy (non-hydrogen) atoms. The molecule has 0 bridgehead atoms. The molecule has 0 radical (unpaired) electrons. The topological polar surface area (TPSA) is 90.0 Å². The Morgan fingerprint density at radius 3 is 2.08 bits per heavy atom. The van der Waals surface area contributed by atoms with Crippen LogP contribution in [0.4, 0.5) is 0 Å². The lowest BCUT2D eigenvalue weighted by atomic mass is 10.0. The Kier molecular flexibility index (Phi) is 5.50. The molecule has 1 aliphatic carbocycles. The lowest BCUT2D eigenvalue weighted by molar-refractivity contribution is 0.305. The van der Waals surface area contributed by atoms with Crippen LogP contribution in [0.15, 0.2) is 23.1 Å². The lowest BCUT2D eigenvalue weighted by Crippen LogP contribution is -2.58. The summed E-state index contributed by atoms with van der Waals surface area (Å²) in [5.74, 6) is 0.758. The highest BCUT2D eigenvalue weighted by Gasteiger charge is 2.46. The zero-order valence-corrected chi connectivity index (χ0v) is 16.7. The maximum Gasteiger partial charge on any atom is 0.243 e. The zero-order valence-electron chi connectivity index (χ0n) is 15.0. The van der Waals surface area contributed by atoms with Crippen molar-refractivity contribution in [1.29, 1.82) is 0 Å². The molecule has 1 aliphatic heterocycles. The Morgan fingerprint density at radius 1 is 0.885 bits per heavy atom. The van der Waals surface area contributed by atoms with Gasteiger partial charge >= 0.3 is 0 Å². The van der Waals surface area contributed by atoms with E-state index in [-0.39, 0.29) is 23.2 Å². The fourth-order valence-corrected chi connectivity index (χ4v) is 7.64. The molecule has 2 fully saturated rings. The van der Waals surface area contributed by atoms with Gasteiger partial charge in [0.25, 0.3) is 0 Å². The molecule has 0 spiro atoms. The normalized spacial score (nSPS) is 20.5.